The van der Waals surface area contributed by atoms with Crippen LogP contribution in [-0.4, -0.2) is 55.5 Å². The lowest BCUT2D eigenvalue weighted by molar-refractivity contribution is -0.129. The third-order valence-electron chi connectivity index (χ3n) is 4.36. The topological polar surface area (TPSA) is 57.7 Å². The van der Waals surface area contributed by atoms with E-state index in [9.17, 15) is 13.2 Å². The number of benzene rings is 2. The first-order valence-electron chi connectivity index (χ1n) is 8.83. The molecule has 1 heterocycles. The summed E-state index contributed by atoms with van der Waals surface area (Å²) in [6.07, 6.45) is 1.59. The van der Waals surface area contributed by atoms with Gasteiger partial charge in [-0.2, -0.15) is 4.31 Å². The van der Waals surface area contributed by atoms with Gasteiger partial charge >= 0.3 is 0 Å². The van der Waals surface area contributed by atoms with Gasteiger partial charge < -0.3 is 4.90 Å². The van der Waals surface area contributed by atoms with E-state index in [1.807, 2.05) is 42.5 Å². The lowest BCUT2D eigenvalue weighted by Crippen LogP contribution is -2.50. The zero-order valence-electron chi connectivity index (χ0n) is 15.2. The predicted octanol–water partition coefficient (Wildman–Crippen LogP) is 3.58. The fraction of sp³-hybridized carbons (Fsp3) is 0.250. The molecule has 0 aliphatic carbocycles. The van der Waals surface area contributed by atoms with Gasteiger partial charge in [0, 0.05) is 41.5 Å². The number of nitrogens with zero attached hydrogens (tertiary/aromatic N) is 2. The molecule has 5 nitrogen and oxygen atoms in total. The molecule has 148 valence electrons. The standard InChI is InChI=1S/C20H21ClN2O3S2/c21-18-6-8-19(9-7-18)27-16-20(24)22-11-13-23(14-12-22)28(25,26)15-10-17-4-2-1-3-5-17/h1-10,15H,11-14,16H2/b15-10+. The summed E-state index contributed by atoms with van der Waals surface area (Å²) in [7, 11) is -3.49. The lowest BCUT2D eigenvalue weighted by atomic mass is 10.2. The molecule has 3 rings (SSSR count). The first kappa shape index (κ1) is 20.9. The molecule has 0 aromatic heterocycles. The van der Waals surface area contributed by atoms with Gasteiger partial charge in [-0.15, -0.1) is 11.8 Å². The maximum Gasteiger partial charge on any atom is 0.236 e. The Bertz CT molecular complexity index is 924. The van der Waals surface area contributed by atoms with Gasteiger partial charge in [0.05, 0.1) is 5.75 Å². The van der Waals surface area contributed by atoms with Gasteiger partial charge in [0.2, 0.25) is 15.9 Å². The van der Waals surface area contributed by atoms with Gasteiger partial charge in [-0.3, -0.25) is 4.79 Å². The van der Waals surface area contributed by atoms with Crippen LogP contribution in [-0.2, 0) is 14.8 Å². The third kappa shape index (κ3) is 5.85. The second-order valence-corrected chi connectivity index (χ2v) is 9.58. The SMILES string of the molecule is O=C(CSc1ccc(Cl)cc1)N1CCN(S(=O)(=O)/C=C/c2ccccc2)CC1. The van der Waals surface area contributed by atoms with Crippen LogP contribution in [0.5, 0.6) is 0 Å². The maximum atomic E-state index is 12.5. The monoisotopic (exact) mass is 436 g/mol. The fourth-order valence-electron chi connectivity index (χ4n) is 2.77. The van der Waals surface area contributed by atoms with Crippen molar-refractivity contribution in [2.75, 3.05) is 31.9 Å². The molecule has 0 N–H and O–H groups in total. The van der Waals surface area contributed by atoms with Crippen molar-refractivity contribution >= 4 is 45.4 Å². The largest absolute Gasteiger partial charge is 0.339 e. The lowest BCUT2D eigenvalue weighted by Gasteiger charge is -2.33. The minimum atomic E-state index is -3.49. The Morgan fingerprint density at radius 2 is 1.64 bits per heavy atom. The van der Waals surface area contributed by atoms with Gasteiger partial charge in [-0.25, -0.2) is 8.42 Å². The summed E-state index contributed by atoms with van der Waals surface area (Å²) in [5.41, 5.74) is 0.833. The van der Waals surface area contributed by atoms with Gasteiger partial charge in [0.1, 0.15) is 0 Å². The highest BCUT2D eigenvalue weighted by Gasteiger charge is 2.27. The number of sulfonamides is 1. The van der Waals surface area contributed by atoms with E-state index in [0.29, 0.717) is 37.0 Å². The van der Waals surface area contributed by atoms with Gasteiger partial charge in [0.15, 0.2) is 0 Å². The van der Waals surface area contributed by atoms with Crippen molar-refractivity contribution in [1.82, 2.24) is 9.21 Å². The highest BCUT2D eigenvalue weighted by atomic mass is 35.5. The number of carbonyl (C=O) groups is 1. The van der Waals surface area contributed by atoms with E-state index in [4.69, 9.17) is 11.6 Å². The van der Waals surface area contributed by atoms with Gasteiger partial charge in [-0.1, -0.05) is 41.9 Å². The molecule has 1 amide bonds. The van der Waals surface area contributed by atoms with Crippen molar-refractivity contribution in [3.8, 4) is 0 Å². The number of piperazine rings is 1. The van der Waals surface area contributed by atoms with Crippen LogP contribution < -0.4 is 0 Å². The number of hydrogen-bond donors (Lipinski definition) is 0. The molecule has 1 fully saturated rings. The quantitative estimate of drug-likeness (QED) is 0.649. The predicted molar refractivity (Wildman–Crippen MR) is 115 cm³/mol. The van der Waals surface area contributed by atoms with E-state index in [2.05, 4.69) is 0 Å². The summed E-state index contributed by atoms with van der Waals surface area (Å²) in [6, 6.07) is 16.6. The van der Waals surface area contributed by atoms with E-state index in [1.54, 1.807) is 23.1 Å². The van der Waals surface area contributed by atoms with Gasteiger partial charge in [-0.05, 0) is 35.9 Å². The number of amides is 1. The third-order valence-corrected chi connectivity index (χ3v) is 7.17. The second kappa shape index (κ2) is 9.60. The molecule has 0 atom stereocenters. The Labute approximate surface area is 175 Å². The summed E-state index contributed by atoms with van der Waals surface area (Å²) in [5, 5.41) is 1.89. The van der Waals surface area contributed by atoms with Crippen LogP contribution in [0.15, 0.2) is 64.9 Å². The molecule has 1 aliphatic rings. The molecular weight excluding hydrogens is 416 g/mol. The molecule has 2 aromatic carbocycles. The Kier molecular flexibility index (Phi) is 7.18. The summed E-state index contributed by atoms with van der Waals surface area (Å²) >= 11 is 7.31. The molecule has 0 spiro atoms. The average Bonchev–Trinajstić information content (AvgIpc) is 2.72. The Morgan fingerprint density at radius 3 is 2.29 bits per heavy atom. The average molecular weight is 437 g/mol. The molecule has 0 saturated carbocycles. The first-order chi connectivity index (χ1) is 13.4. The minimum Gasteiger partial charge on any atom is -0.339 e. The maximum absolute atomic E-state index is 12.5. The van der Waals surface area contributed by atoms with Crippen LogP contribution >= 0.6 is 23.4 Å². The van der Waals surface area contributed by atoms with E-state index in [0.717, 1.165) is 10.5 Å². The van der Waals surface area contributed by atoms with Gasteiger partial charge in [0.25, 0.3) is 0 Å². The molecule has 0 unspecified atom stereocenters. The number of thioether (sulfide) groups is 1. The van der Waals surface area contributed by atoms with Crippen LogP contribution in [0.2, 0.25) is 5.02 Å². The molecule has 0 bridgehead atoms. The van der Waals surface area contributed by atoms with E-state index >= 15 is 0 Å². The Hall–Kier alpha value is -1.80. The molecule has 1 aliphatic heterocycles. The number of halogens is 1. The van der Waals surface area contributed by atoms with E-state index < -0.39 is 10.0 Å². The summed E-state index contributed by atoms with van der Waals surface area (Å²) in [6.45, 7) is 1.41. The number of rotatable bonds is 6. The molecule has 28 heavy (non-hydrogen) atoms. The Balaban J connectivity index is 1.49. The second-order valence-electron chi connectivity index (χ2n) is 6.28. The summed E-state index contributed by atoms with van der Waals surface area (Å²) in [5.74, 6) is 0.333. The fourth-order valence-corrected chi connectivity index (χ4v) is 4.87. The molecule has 2 aromatic rings. The smallest absolute Gasteiger partial charge is 0.236 e. The molecule has 1 saturated heterocycles. The highest BCUT2D eigenvalue weighted by molar-refractivity contribution is 8.00. The molecular formula is C20H21ClN2O3S2. The summed E-state index contributed by atoms with van der Waals surface area (Å²) < 4.78 is 26.4. The van der Waals surface area contributed by atoms with Crippen molar-refractivity contribution in [3.63, 3.8) is 0 Å². The van der Waals surface area contributed by atoms with Crippen molar-refractivity contribution in [2.24, 2.45) is 0 Å². The number of carbonyl (C=O) groups excluding carboxylic acids is 1. The highest BCUT2D eigenvalue weighted by Crippen LogP contribution is 2.21. The van der Waals surface area contributed by atoms with Crippen molar-refractivity contribution in [2.45, 2.75) is 4.90 Å². The van der Waals surface area contributed by atoms with Crippen LogP contribution in [0.1, 0.15) is 5.56 Å². The van der Waals surface area contributed by atoms with E-state index in [1.165, 1.54) is 21.5 Å². The van der Waals surface area contributed by atoms with Crippen LogP contribution in [0.25, 0.3) is 6.08 Å². The molecule has 8 heteroatoms. The minimum absolute atomic E-state index is 0.0109. The van der Waals surface area contributed by atoms with Crippen molar-refractivity contribution < 1.29 is 13.2 Å². The van der Waals surface area contributed by atoms with Crippen LogP contribution in [0, 0.1) is 0 Å². The zero-order valence-corrected chi connectivity index (χ0v) is 17.6. The summed E-state index contributed by atoms with van der Waals surface area (Å²) in [4.78, 5) is 15.1. The first-order valence-corrected chi connectivity index (χ1v) is 11.7. The number of hydrogen-bond acceptors (Lipinski definition) is 4. The van der Waals surface area contributed by atoms with Crippen LogP contribution in [0.3, 0.4) is 0 Å². The van der Waals surface area contributed by atoms with Crippen molar-refractivity contribution in [3.05, 3.63) is 70.6 Å². The van der Waals surface area contributed by atoms with Crippen molar-refractivity contribution in [1.29, 1.82) is 0 Å². The zero-order chi connectivity index (χ0) is 20.0. The molecule has 0 radical (unpaired) electrons. The Morgan fingerprint density at radius 1 is 1.00 bits per heavy atom. The normalized spacial score (nSPS) is 15.8. The van der Waals surface area contributed by atoms with E-state index in [-0.39, 0.29) is 5.91 Å². The van der Waals surface area contributed by atoms with Crippen LogP contribution in [0.4, 0.5) is 0 Å².